The second-order valence-corrected chi connectivity index (χ2v) is 24.1. The van der Waals surface area contributed by atoms with Crippen LogP contribution in [0.4, 0.5) is 17.1 Å². The van der Waals surface area contributed by atoms with Crippen molar-refractivity contribution in [2.24, 2.45) is 0 Å². The van der Waals surface area contributed by atoms with Crippen LogP contribution >= 0.6 is 0 Å². The largest absolute Gasteiger partial charge is 0.310 e. The van der Waals surface area contributed by atoms with Crippen LogP contribution < -0.4 is 4.90 Å². The molecule has 92 heavy (non-hydrogen) atoms. The van der Waals surface area contributed by atoms with Crippen LogP contribution in [-0.4, -0.2) is 13.7 Å². The number of benzene rings is 15. The topological polar surface area (TPSA) is 18.0 Å². The van der Waals surface area contributed by atoms with Crippen LogP contribution in [0.5, 0.6) is 0 Å². The third kappa shape index (κ3) is 8.91. The molecule has 0 aliphatic rings. The number of fused-ring (bicyclic) bond motifs is 10. The molecule has 3 aromatic heterocycles. The molecule has 430 valence electrons. The standard InChI is InChI=1S/C88H58N4/c1-4-19-70(20-5-1)89(82-30-16-18-65-17-10-11-25-75(65)82)73-47-39-59(40-48-73)60-41-49-74(50-42-60)92-87-53-45-68(63-35-31-61(32-36-63)66-43-51-85-78(55-66)76-26-12-14-28-83(76)90(85)71-21-6-2-7-22-71)57-80(87)81-58-69(46-54-88(81)92)64-37-33-62(34-38-64)67-44-52-86-79(56-67)77-27-13-15-29-84(77)91(86)72-23-8-3-9-24-72/h1-58H. The van der Waals surface area contributed by atoms with Crippen LogP contribution in [0.3, 0.4) is 0 Å². The van der Waals surface area contributed by atoms with Gasteiger partial charge < -0.3 is 18.6 Å². The molecule has 0 bridgehead atoms. The van der Waals surface area contributed by atoms with Gasteiger partial charge in [-0.05, 0) is 188 Å². The summed E-state index contributed by atoms with van der Waals surface area (Å²) in [5.74, 6) is 0. The first-order valence-corrected chi connectivity index (χ1v) is 31.6. The smallest absolute Gasteiger partial charge is 0.0541 e. The van der Waals surface area contributed by atoms with Crippen molar-refractivity contribution >= 4 is 93.3 Å². The molecule has 0 unspecified atom stereocenters. The zero-order valence-corrected chi connectivity index (χ0v) is 50.3. The average molecular weight is 1170 g/mol. The number of anilines is 3. The Bertz CT molecular complexity index is 5560. The monoisotopic (exact) mass is 1170 g/mol. The molecule has 18 aromatic rings. The van der Waals surface area contributed by atoms with E-state index >= 15 is 0 Å². The van der Waals surface area contributed by atoms with Crippen molar-refractivity contribution in [2.75, 3.05) is 4.90 Å². The van der Waals surface area contributed by atoms with Gasteiger partial charge in [-0.15, -0.1) is 0 Å². The van der Waals surface area contributed by atoms with Gasteiger partial charge in [0, 0.05) is 66.1 Å². The zero-order chi connectivity index (χ0) is 60.6. The first-order valence-electron chi connectivity index (χ1n) is 31.6. The summed E-state index contributed by atoms with van der Waals surface area (Å²) in [5.41, 5.74) is 25.7. The van der Waals surface area contributed by atoms with Crippen LogP contribution in [0.15, 0.2) is 352 Å². The summed E-state index contributed by atoms with van der Waals surface area (Å²) in [6.45, 7) is 0. The van der Waals surface area contributed by atoms with Crippen molar-refractivity contribution in [1.82, 2.24) is 13.7 Å². The van der Waals surface area contributed by atoms with Gasteiger partial charge in [-0.25, -0.2) is 0 Å². The fourth-order valence-corrected chi connectivity index (χ4v) is 14.4. The number of nitrogens with zero attached hydrogens (tertiary/aromatic N) is 4. The van der Waals surface area contributed by atoms with Gasteiger partial charge in [-0.3, -0.25) is 0 Å². The number of aromatic nitrogens is 3. The molecule has 0 aliphatic heterocycles. The van der Waals surface area contributed by atoms with Gasteiger partial charge in [0.1, 0.15) is 0 Å². The SMILES string of the molecule is c1ccc(N(c2ccc(-c3ccc(-n4c5ccc(-c6ccc(-c7ccc8c(c7)c7ccccc7n8-c7ccccc7)cc6)cc5c5cc(-c6ccc(-c7ccc8c(c7)c7ccccc7n8-c7ccccc7)cc6)ccc54)cc3)cc2)c2cccc3ccccc23)cc1. The summed E-state index contributed by atoms with van der Waals surface area (Å²) in [5, 5.41) is 9.83. The zero-order valence-electron chi connectivity index (χ0n) is 50.3. The highest BCUT2D eigenvalue weighted by Gasteiger charge is 2.20. The number of rotatable bonds is 11. The minimum absolute atomic E-state index is 1.10. The van der Waals surface area contributed by atoms with Crippen molar-refractivity contribution in [3.8, 4) is 72.7 Å². The molecule has 0 N–H and O–H groups in total. The Hall–Kier alpha value is -12.2. The van der Waals surface area contributed by atoms with Crippen LogP contribution in [-0.2, 0) is 0 Å². The summed E-state index contributed by atoms with van der Waals surface area (Å²) in [7, 11) is 0. The van der Waals surface area contributed by atoms with Gasteiger partial charge >= 0.3 is 0 Å². The fourth-order valence-electron chi connectivity index (χ4n) is 14.4. The van der Waals surface area contributed by atoms with E-state index in [9.17, 15) is 0 Å². The van der Waals surface area contributed by atoms with Crippen LogP contribution in [0.25, 0.3) is 149 Å². The maximum absolute atomic E-state index is 2.44. The molecule has 0 aliphatic carbocycles. The van der Waals surface area contributed by atoms with E-state index in [0.29, 0.717) is 0 Å². The molecule has 0 atom stereocenters. The highest BCUT2D eigenvalue weighted by molar-refractivity contribution is 6.14. The van der Waals surface area contributed by atoms with E-state index in [0.717, 1.165) is 56.3 Å². The first-order chi connectivity index (χ1) is 45.6. The molecule has 15 aromatic carbocycles. The Morgan fingerprint density at radius 2 is 0.457 bits per heavy atom. The molecule has 0 amide bonds. The third-order valence-corrected chi connectivity index (χ3v) is 18.8. The van der Waals surface area contributed by atoms with E-state index in [2.05, 4.69) is 370 Å². The Kier molecular flexibility index (Phi) is 12.5. The molecular formula is C88H58N4. The predicted octanol–water partition coefficient (Wildman–Crippen LogP) is 23.9. The summed E-state index contributed by atoms with van der Waals surface area (Å²) >= 11 is 0. The molecule has 0 radical (unpaired) electrons. The van der Waals surface area contributed by atoms with E-state index in [-0.39, 0.29) is 0 Å². The Morgan fingerprint density at radius 1 is 0.174 bits per heavy atom. The fraction of sp³-hybridized carbons (Fsp3) is 0. The van der Waals surface area contributed by atoms with Gasteiger partial charge in [0.15, 0.2) is 0 Å². The van der Waals surface area contributed by atoms with Gasteiger partial charge in [0.25, 0.3) is 0 Å². The van der Waals surface area contributed by atoms with Crippen molar-refractivity contribution < 1.29 is 0 Å². The van der Waals surface area contributed by atoms with Gasteiger partial charge in [-0.1, -0.05) is 224 Å². The first kappa shape index (κ1) is 52.8. The van der Waals surface area contributed by atoms with Crippen molar-refractivity contribution in [2.45, 2.75) is 0 Å². The predicted molar refractivity (Wildman–Crippen MR) is 389 cm³/mol. The third-order valence-electron chi connectivity index (χ3n) is 18.8. The van der Waals surface area contributed by atoms with E-state index in [4.69, 9.17) is 0 Å². The number of hydrogen-bond acceptors (Lipinski definition) is 1. The van der Waals surface area contributed by atoms with Crippen molar-refractivity contribution in [3.05, 3.63) is 352 Å². The molecule has 0 saturated carbocycles. The minimum Gasteiger partial charge on any atom is -0.310 e. The lowest BCUT2D eigenvalue weighted by atomic mass is 9.97. The van der Waals surface area contributed by atoms with Crippen molar-refractivity contribution in [3.63, 3.8) is 0 Å². The summed E-state index contributed by atoms with van der Waals surface area (Å²) < 4.78 is 7.19. The maximum Gasteiger partial charge on any atom is 0.0541 e. The molecule has 0 spiro atoms. The molecule has 18 rings (SSSR count). The molecule has 4 heteroatoms. The van der Waals surface area contributed by atoms with E-state index in [1.807, 2.05) is 0 Å². The van der Waals surface area contributed by atoms with Gasteiger partial charge in [0.2, 0.25) is 0 Å². The Morgan fingerprint density at radius 3 is 0.891 bits per heavy atom. The summed E-state index contributed by atoms with van der Waals surface area (Å²) in [6.07, 6.45) is 0. The highest BCUT2D eigenvalue weighted by Crippen LogP contribution is 2.43. The van der Waals surface area contributed by atoms with E-state index in [1.54, 1.807) is 0 Å². The summed E-state index contributed by atoms with van der Waals surface area (Å²) in [4.78, 5) is 2.36. The lowest BCUT2D eigenvalue weighted by molar-refractivity contribution is 1.18. The Balaban J connectivity index is 0.705. The van der Waals surface area contributed by atoms with Crippen LogP contribution in [0.1, 0.15) is 0 Å². The highest BCUT2D eigenvalue weighted by atomic mass is 15.1. The second kappa shape index (κ2) is 21.8. The maximum atomic E-state index is 2.44. The minimum atomic E-state index is 1.10. The number of para-hydroxylation sites is 5. The number of hydrogen-bond donors (Lipinski definition) is 0. The Labute approximate surface area is 533 Å². The molecule has 4 nitrogen and oxygen atoms in total. The summed E-state index contributed by atoms with van der Waals surface area (Å²) in [6, 6.07) is 129. The van der Waals surface area contributed by atoms with E-state index in [1.165, 1.54) is 110 Å². The molecule has 0 fully saturated rings. The average Bonchev–Trinajstić information content (AvgIpc) is 1.63. The van der Waals surface area contributed by atoms with Crippen LogP contribution in [0.2, 0.25) is 0 Å². The lowest BCUT2D eigenvalue weighted by Gasteiger charge is -2.27. The second-order valence-electron chi connectivity index (χ2n) is 24.1. The van der Waals surface area contributed by atoms with Gasteiger partial charge in [0.05, 0.1) is 38.8 Å². The van der Waals surface area contributed by atoms with Gasteiger partial charge in [-0.2, -0.15) is 0 Å². The van der Waals surface area contributed by atoms with Crippen molar-refractivity contribution in [1.29, 1.82) is 0 Å². The molecular weight excluding hydrogens is 1110 g/mol. The lowest BCUT2D eigenvalue weighted by Crippen LogP contribution is -2.10. The quantitative estimate of drug-likeness (QED) is 0.126. The molecule has 3 heterocycles. The van der Waals surface area contributed by atoms with Crippen LogP contribution in [0, 0.1) is 0 Å². The normalized spacial score (nSPS) is 11.7. The van der Waals surface area contributed by atoms with E-state index < -0.39 is 0 Å². The molecule has 0 saturated heterocycles.